The Labute approximate surface area is 203 Å². The maximum absolute atomic E-state index is 12.6. The van der Waals surface area contributed by atoms with E-state index in [0.717, 1.165) is 16.7 Å². The van der Waals surface area contributed by atoms with Gasteiger partial charge in [-0.25, -0.2) is 9.59 Å². The number of aryl methyl sites for hydroxylation is 1. The van der Waals surface area contributed by atoms with Crippen LogP contribution in [0.1, 0.15) is 39.4 Å². The van der Waals surface area contributed by atoms with Crippen molar-refractivity contribution < 1.29 is 24.2 Å². The van der Waals surface area contributed by atoms with Gasteiger partial charge in [0.1, 0.15) is 6.61 Å². The van der Waals surface area contributed by atoms with Crippen LogP contribution in [0, 0.1) is 18.8 Å². The normalized spacial score (nSPS) is 17.7. The molecule has 2 aliphatic rings. The maximum Gasteiger partial charge on any atom is 0.407 e. The lowest BCUT2D eigenvalue weighted by molar-refractivity contribution is -0.117. The Hall–Kier alpha value is -4.13. The average Bonchev–Trinajstić information content (AvgIpc) is 3.57. The standard InChI is InChI=1S/C28H26N2O5/c1-16-10-11-25(23(12-16)27(32)33)30-26(31)22-13-17(22)14-29-28(34)35-15-24-20-8-4-2-6-18(20)19-7-3-5-9-21(19)24/h2-12,17,22,24H,13-15H2,1H3,(H,29,34)(H,30,31)(H,32,33)/t17-,22-/m1/s1. The van der Waals surface area contributed by atoms with Gasteiger partial charge in [0.2, 0.25) is 5.91 Å². The summed E-state index contributed by atoms with van der Waals surface area (Å²) in [5.74, 6) is -1.62. The number of carbonyl (C=O) groups is 3. The van der Waals surface area contributed by atoms with E-state index in [9.17, 15) is 19.5 Å². The predicted molar refractivity (Wildman–Crippen MR) is 131 cm³/mol. The van der Waals surface area contributed by atoms with E-state index in [1.807, 2.05) is 24.3 Å². The van der Waals surface area contributed by atoms with Crippen LogP contribution in [0.5, 0.6) is 0 Å². The number of amides is 2. The molecule has 178 valence electrons. The Balaban J connectivity index is 1.12. The van der Waals surface area contributed by atoms with Crippen LogP contribution in [0.4, 0.5) is 10.5 Å². The third-order valence-corrected chi connectivity index (χ3v) is 6.77. The van der Waals surface area contributed by atoms with Crippen LogP contribution in [0.15, 0.2) is 66.7 Å². The van der Waals surface area contributed by atoms with Crippen molar-refractivity contribution >= 4 is 23.7 Å². The molecule has 2 atom stereocenters. The highest BCUT2D eigenvalue weighted by Gasteiger charge is 2.43. The molecule has 3 aromatic rings. The second-order valence-corrected chi connectivity index (χ2v) is 9.15. The van der Waals surface area contributed by atoms with E-state index in [0.29, 0.717) is 13.0 Å². The first kappa shape index (κ1) is 22.7. The maximum atomic E-state index is 12.6. The second kappa shape index (κ2) is 9.25. The number of carboxylic acids is 1. The van der Waals surface area contributed by atoms with Crippen molar-refractivity contribution in [2.24, 2.45) is 11.8 Å². The Kier molecular flexibility index (Phi) is 5.99. The third-order valence-electron chi connectivity index (χ3n) is 6.77. The van der Waals surface area contributed by atoms with Crippen molar-refractivity contribution in [3.63, 3.8) is 0 Å². The highest BCUT2D eigenvalue weighted by molar-refractivity contribution is 6.02. The zero-order valence-corrected chi connectivity index (χ0v) is 19.3. The number of hydrogen-bond acceptors (Lipinski definition) is 4. The van der Waals surface area contributed by atoms with Gasteiger partial charge in [0.05, 0.1) is 11.3 Å². The SMILES string of the molecule is Cc1ccc(NC(=O)[C@@H]2C[C@@H]2CNC(=O)OCC2c3ccccc3-c3ccccc32)c(C(=O)O)c1. The number of rotatable bonds is 7. The lowest BCUT2D eigenvalue weighted by Crippen LogP contribution is -2.29. The summed E-state index contributed by atoms with van der Waals surface area (Å²) in [6.45, 7) is 2.36. The highest BCUT2D eigenvalue weighted by atomic mass is 16.5. The molecule has 0 spiro atoms. The van der Waals surface area contributed by atoms with Crippen LogP contribution in [0.2, 0.25) is 0 Å². The van der Waals surface area contributed by atoms with Crippen LogP contribution in [-0.2, 0) is 9.53 Å². The zero-order chi connectivity index (χ0) is 24.5. The average molecular weight is 471 g/mol. The summed E-state index contributed by atoms with van der Waals surface area (Å²) in [6.07, 6.45) is 0.119. The molecular formula is C28H26N2O5. The van der Waals surface area contributed by atoms with Gasteiger partial charge in [-0.15, -0.1) is 0 Å². The molecule has 0 heterocycles. The van der Waals surface area contributed by atoms with Crippen molar-refractivity contribution in [2.45, 2.75) is 19.3 Å². The van der Waals surface area contributed by atoms with Gasteiger partial charge < -0.3 is 20.5 Å². The van der Waals surface area contributed by atoms with Crippen LogP contribution in [0.25, 0.3) is 11.1 Å². The third kappa shape index (κ3) is 4.62. The summed E-state index contributed by atoms with van der Waals surface area (Å²) in [6, 6.07) is 21.2. The molecule has 0 bridgehead atoms. The molecule has 0 saturated heterocycles. The minimum Gasteiger partial charge on any atom is -0.478 e. The number of fused-ring (bicyclic) bond motifs is 3. The number of ether oxygens (including phenoxy) is 1. The summed E-state index contributed by atoms with van der Waals surface area (Å²) in [5.41, 5.74) is 5.79. The Morgan fingerprint density at radius 3 is 2.29 bits per heavy atom. The molecule has 1 fully saturated rings. The van der Waals surface area contributed by atoms with Crippen molar-refractivity contribution in [1.29, 1.82) is 0 Å². The fourth-order valence-electron chi connectivity index (χ4n) is 4.83. The van der Waals surface area contributed by atoms with Crippen LogP contribution in [-0.4, -0.2) is 36.2 Å². The molecule has 35 heavy (non-hydrogen) atoms. The van der Waals surface area contributed by atoms with Gasteiger partial charge >= 0.3 is 12.1 Å². The molecular weight excluding hydrogens is 444 g/mol. The van der Waals surface area contributed by atoms with E-state index < -0.39 is 12.1 Å². The van der Waals surface area contributed by atoms with Gasteiger partial charge in [-0.3, -0.25) is 4.79 Å². The van der Waals surface area contributed by atoms with Crippen molar-refractivity contribution in [1.82, 2.24) is 5.32 Å². The summed E-state index contributed by atoms with van der Waals surface area (Å²) in [7, 11) is 0. The lowest BCUT2D eigenvalue weighted by atomic mass is 9.98. The van der Waals surface area contributed by atoms with Crippen LogP contribution >= 0.6 is 0 Å². The number of aromatic carboxylic acids is 1. The molecule has 5 rings (SSSR count). The number of alkyl carbamates (subject to hydrolysis) is 1. The molecule has 0 aromatic heterocycles. The molecule has 0 unspecified atom stereocenters. The van der Waals surface area contributed by atoms with E-state index in [1.165, 1.54) is 17.2 Å². The minimum atomic E-state index is -1.09. The van der Waals surface area contributed by atoms with E-state index in [-0.39, 0.29) is 41.5 Å². The van der Waals surface area contributed by atoms with Gasteiger partial charge in [0.15, 0.2) is 0 Å². The first-order chi connectivity index (χ1) is 16.9. The summed E-state index contributed by atoms with van der Waals surface area (Å²) in [5, 5.41) is 14.9. The Morgan fingerprint density at radius 1 is 0.971 bits per heavy atom. The van der Waals surface area contributed by atoms with Gasteiger partial charge in [0, 0.05) is 18.4 Å². The van der Waals surface area contributed by atoms with Crippen LogP contribution < -0.4 is 10.6 Å². The fraction of sp³-hybridized carbons (Fsp3) is 0.250. The molecule has 1 saturated carbocycles. The number of hydrogen-bond donors (Lipinski definition) is 3. The van der Waals surface area contributed by atoms with Crippen molar-refractivity contribution in [3.8, 4) is 11.1 Å². The molecule has 7 heteroatoms. The van der Waals surface area contributed by atoms with E-state index in [4.69, 9.17) is 4.74 Å². The molecule has 2 aliphatic carbocycles. The topological polar surface area (TPSA) is 105 Å². The summed E-state index contributed by atoms with van der Waals surface area (Å²) >= 11 is 0. The lowest BCUT2D eigenvalue weighted by Gasteiger charge is -2.14. The smallest absolute Gasteiger partial charge is 0.407 e. The minimum absolute atomic E-state index is 0.00536. The first-order valence-electron chi connectivity index (χ1n) is 11.7. The van der Waals surface area contributed by atoms with Crippen molar-refractivity contribution in [2.75, 3.05) is 18.5 Å². The fourth-order valence-corrected chi connectivity index (χ4v) is 4.83. The van der Waals surface area contributed by atoms with Gasteiger partial charge in [-0.1, -0.05) is 60.2 Å². The second-order valence-electron chi connectivity index (χ2n) is 9.15. The largest absolute Gasteiger partial charge is 0.478 e. The number of nitrogens with one attached hydrogen (secondary N) is 2. The van der Waals surface area contributed by atoms with E-state index >= 15 is 0 Å². The van der Waals surface area contributed by atoms with Crippen molar-refractivity contribution in [3.05, 3.63) is 89.0 Å². The Morgan fingerprint density at radius 2 is 1.63 bits per heavy atom. The number of carbonyl (C=O) groups excluding carboxylic acids is 2. The van der Waals surface area contributed by atoms with Gasteiger partial charge in [0.25, 0.3) is 0 Å². The van der Waals surface area contributed by atoms with Crippen LogP contribution in [0.3, 0.4) is 0 Å². The quantitative estimate of drug-likeness (QED) is 0.460. The summed E-state index contributed by atoms with van der Waals surface area (Å²) < 4.78 is 5.55. The monoisotopic (exact) mass is 470 g/mol. The van der Waals surface area contributed by atoms with E-state index in [1.54, 1.807) is 19.1 Å². The predicted octanol–water partition coefficient (Wildman–Crippen LogP) is 4.81. The van der Waals surface area contributed by atoms with Gasteiger partial charge in [-0.05, 0) is 53.6 Å². The molecule has 2 amide bonds. The number of anilines is 1. The highest BCUT2D eigenvalue weighted by Crippen LogP contribution is 2.44. The molecule has 7 nitrogen and oxygen atoms in total. The molecule has 0 aliphatic heterocycles. The van der Waals surface area contributed by atoms with Gasteiger partial charge in [-0.2, -0.15) is 0 Å². The first-order valence-corrected chi connectivity index (χ1v) is 11.7. The van der Waals surface area contributed by atoms with E-state index in [2.05, 4.69) is 34.9 Å². The Bertz CT molecular complexity index is 1270. The molecule has 0 radical (unpaired) electrons. The zero-order valence-electron chi connectivity index (χ0n) is 19.3. The number of benzene rings is 3. The molecule has 3 aromatic carbocycles. The summed E-state index contributed by atoms with van der Waals surface area (Å²) in [4.78, 5) is 36.4. The molecule has 3 N–H and O–H groups in total. The number of carboxylic acid groups (broad SMARTS) is 1.